The summed E-state index contributed by atoms with van der Waals surface area (Å²) in [4.78, 5) is 13.6. The fraction of sp³-hybridized carbons (Fsp3) is 0.0690. The highest BCUT2D eigenvalue weighted by molar-refractivity contribution is 5.81. The van der Waals surface area contributed by atoms with Crippen LogP contribution in [0.5, 0.6) is 11.5 Å². The Hall–Kier alpha value is -5.25. The minimum Gasteiger partial charge on any atom is -0.463 e. The molecular weight excluding hydrogens is 508 g/mol. The Morgan fingerprint density at radius 3 is 2.33 bits per heavy atom. The van der Waals surface area contributed by atoms with Gasteiger partial charge in [0.2, 0.25) is 25.4 Å². The van der Waals surface area contributed by atoms with Crippen LogP contribution in [0.1, 0.15) is 0 Å². The SMILES string of the molecule is FCOc1cccc(-c2coc(-c3nc(-c4ocnc4-c4ccccc4OCF)oc3-c3ccccc3)n2)c1. The molecule has 0 fully saturated rings. The molecule has 3 aromatic carbocycles. The second-order valence-corrected chi connectivity index (χ2v) is 8.16. The first-order chi connectivity index (χ1) is 19.2. The van der Waals surface area contributed by atoms with Gasteiger partial charge >= 0.3 is 0 Å². The Morgan fingerprint density at radius 1 is 0.692 bits per heavy atom. The molecule has 39 heavy (non-hydrogen) atoms. The molecule has 3 aromatic heterocycles. The summed E-state index contributed by atoms with van der Waals surface area (Å²) in [6.07, 6.45) is 2.72. The van der Waals surface area contributed by atoms with Crippen LogP contribution in [0.15, 0.2) is 105 Å². The number of ether oxygens (including phenoxy) is 2. The highest BCUT2D eigenvalue weighted by Gasteiger charge is 2.27. The second-order valence-electron chi connectivity index (χ2n) is 8.16. The van der Waals surface area contributed by atoms with E-state index >= 15 is 0 Å². The molecule has 6 aromatic rings. The molecule has 0 amide bonds. The van der Waals surface area contributed by atoms with E-state index in [4.69, 9.17) is 22.7 Å². The Kier molecular flexibility index (Phi) is 6.57. The summed E-state index contributed by atoms with van der Waals surface area (Å²) in [6, 6.07) is 23.0. The zero-order valence-corrected chi connectivity index (χ0v) is 20.2. The molecule has 194 valence electrons. The standard InChI is InChI=1S/C29H19F2N3O5/c30-15-36-20-10-6-9-19(13-20)22-14-35-28(33-22)25-26(18-7-2-1-3-8-18)39-29(34-25)27-24(32-17-38-27)21-11-4-5-12-23(21)37-16-31/h1-14,17H,15-16H2. The average molecular weight is 527 g/mol. The van der Waals surface area contributed by atoms with Gasteiger partial charge in [0, 0.05) is 16.7 Å². The summed E-state index contributed by atoms with van der Waals surface area (Å²) < 4.78 is 53.4. The molecule has 8 nitrogen and oxygen atoms in total. The van der Waals surface area contributed by atoms with E-state index in [9.17, 15) is 8.78 Å². The quantitative estimate of drug-likeness (QED) is 0.190. The number of para-hydroxylation sites is 1. The molecule has 0 radical (unpaired) electrons. The van der Waals surface area contributed by atoms with Crippen LogP contribution >= 0.6 is 0 Å². The number of hydrogen-bond acceptors (Lipinski definition) is 8. The molecular formula is C29H19F2N3O5. The van der Waals surface area contributed by atoms with Gasteiger partial charge in [0.25, 0.3) is 5.89 Å². The van der Waals surface area contributed by atoms with Gasteiger partial charge in [-0.25, -0.2) is 23.7 Å². The highest BCUT2D eigenvalue weighted by Crippen LogP contribution is 2.41. The normalized spacial score (nSPS) is 11.0. The van der Waals surface area contributed by atoms with E-state index in [1.165, 1.54) is 12.7 Å². The summed E-state index contributed by atoms with van der Waals surface area (Å²) in [5, 5.41) is 0. The lowest BCUT2D eigenvalue weighted by Crippen LogP contribution is -1.93. The van der Waals surface area contributed by atoms with Crippen molar-refractivity contribution in [1.82, 2.24) is 15.0 Å². The molecule has 3 heterocycles. The number of alkyl halides is 2. The van der Waals surface area contributed by atoms with Crippen LogP contribution in [0.4, 0.5) is 8.78 Å². The number of nitrogens with zero attached hydrogens (tertiary/aromatic N) is 3. The fourth-order valence-electron chi connectivity index (χ4n) is 4.11. The van der Waals surface area contributed by atoms with Crippen molar-refractivity contribution in [1.29, 1.82) is 0 Å². The van der Waals surface area contributed by atoms with Crippen molar-refractivity contribution in [2.24, 2.45) is 0 Å². The first-order valence-electron chi connectivity index (χ1n) is 11.8. The molecule has 6 rings (SSSR count). The molecule has 0 N–H and O–H groups in total. The molecule has 0 aliphatic rings. The Morgan fingerprint density at radius 2 is 1.49 bits per heavy atom. The summed E-state index contributed by atoms with van der Waals surface area (Å²) in [6.45, 7) is -1.94. The fourth-order valence-corrected chi connectivity index (χ4v) is 4.11. The Labute approximate surface area is 220 Å². The molecule has 0 aliphatic carbocycles. The van der Waals surface area contributed by atoms with Crippen LogP contribution in [0, 0.1) is 0 Å². The van der Waals surface area contributed by atoms with Crippen molar-refractivity contribution in [3.63, 3.8) is 0 Å². The third kappa shape index (κ3) is 4.75. The summed E-state index contributed by atoms with van der Waals surface area (Å²) >= 11 is 0. The molecule has 10 heteroatoms. The molecule has 0 bridgehead atoms. The highest BCUT2D eigenvalue weighted by atomic mass is 19.1. The number of halogens is 2. The number of hydrogen-bond donors (Lipinski definition) is 0. The van der Waals surface area contributed by atoms with E-state index in [2.05, 4.69) is 15.0 Å². The van der Waals surface area contributed by atoms with Crippen molar-refractivity contribution in [2.45, 2.75) is 0 Å². The third-order valence-electron chi connectivity index (χ3n) is 5.83. The number of aromatic nitrogens is 3. The van der Waals surface area contributed by atoms with E-state index in [1.807, 2.05) is 30.3 Å². The van der Waals surface area contributed by atoms with Crippen molar-refractivity contribution in [3.05, 3.63) is 91.5 Å². The molecule has 0 unspecified atom stereocenters. The summed E-state index contributed by atoms with van der Waals surface area (Å²) in [5.74, 6) is 1.58. The lowest BCUT2D eigenvalue weighted by atomic mass is 10.1. The second kappa shape index (κ2) is 10.6. The predicted octanol–water partition coefficient (Wildman–Crippen LogP) is 7.60. The smallest absolute Gasteiger partial charge is 0.266 e. The van der Waals surface area contributed by atoms with Gasteiger partial charge in [0.15, 0.2) is 17.8 Å². The summed E-state index contributed by atoms with van der Waals surface area (Å²) in [5.41, 5.74) is 3.09. The maximum Gasteiger partial charge on any atom is 0.266 e. The Bertz CT molecular complexity index is 1710. The largest absolute Gasteiger partial charge is 0.463 e. The van der Waals surface area contributed by atoms with Crippen LogP contribution in [0.3, 0.4) is 0 Å². The number of oxazole rings is 3. The van der Waals surface area contributed by atoms with E-state index < -0.39 is 13.7 Å². The third-order valence-corrected chi connectivity index (χ3v) is 5.83. The van der Waals surface area contributed by atoms with Gasteiger partial charge in [-0.3, -0.25) is 0 Å². The van der Waals surface area contributed by atoms with E-state index in [-0.39, 0.29) is 17.5 Å². The predicted molar refractivity (Wildman–Crippen MR) is 137 cm³/mol. The first kappa shape index (κ1) is 24.1. The van der Waals surface area contributed by atoms with Crippen molar-refractivity contribution in [3.8, 4) is 68.6 Å². The first-order valence-corrected chi connectivity index (χ1v) is 11.8. The van der Waals surface area contributed by atoms with Crippen LogP contribution in [0.25, 0.3) is 57.1 Å². The topological polar surface area (TPSA) is 96.6 Å². The van der Waals surface area contributed by atoms with Gasteiger partial charge in [-0.15, -0.1) is 0 Å². The molecule has 0 atom stereocenters. The molecule has 0 spiro atoms. The lowest BCUT2D eigenvalue weighted by molar-refractivity contribution is 0.191. The van der Waals surface area contributed by atoms with Crippen LogP contribution in [-0.4, -0.2) is 28.7 Å². The lowest BCUT2D eigenvalue weighted by Gasteiger charge is -2.06. The minimum absolute atomic E-state index is 0.115. The van der Waals surface area contributed by atoms with Gasteiger partial charge in [-0.2, -0.15) is 0 Å². The minimum atomic E-state index is -0.999. The van der Waals surface area contributed by atoms with E-state index in [0.717, 1.165) is 5.56 Å². The summed E-state index contributed by atoms with van der Waals surface area (Å²) in [7, 11) is 0. The van der Waals surface area contributed by atoms with Crippen molar-refractivity contribution >= 4 is 0 Å². The van der Waals surface area contributed by atoms with Gasteiger partial charge < -0.3 is 22.7 Å². The van der Waals surface area contributed by atoms with Crippen molar-refractivity contribution < 1.29 is 31.5 Å². The number of benzene rings is 3. The van der Waals surface area contributed by atoms with Crippen molar-refractivity contribution in [2.75, 3.05) is 13.7 Å². The van der Waals surface area contributed by atoms with Crippen LogP contribution in [0.2, 0.25) is 0 Å². The average Bonchev–Trinajstić information content (AvgIpc) is 3.74. The van der Waals surface area contributed by atoms with Crippen LogP contribution in [-0.2, 0) is 0 Å². The van der Waals surface area contributed by atoms with Gasteiger partial charge in [0.1, 0.15) is 29.2 Å². The molecule has 0 saturated heterocycles. The van der Waals surface area contributed by atoms with Gasteiger partial charge in [0.05, 0.1) is 0 Å². The maximum absolute atomic E-state index is 13.0. The molecule has 0 aliphatic heterocycles. The maximum atomic E-state index is 13.0. The van der Waals surface area contributed by atoms with E-state index in [1.54, 1.807) is 48.5 Å². The monoisotopic (exact) mass is 527 g/mol. The Balaban J connectivity index is 1.45. The molecule has 0 saturated carbocycles. The zero-order valence-electron chi connectivity index (χ0n) is 20.2. The zero-order chi connectivity index (χ0) is 26.6. The van der Waals surface area contributed by atoms with Gasteiger partial charge in [-0.05, 0) is 24.3 Å². The number of rotatable bonds is 9. The van der Waals surface area contributed by atoms with E-state index in [0.29, 0.717) is 45.5 Å². The van der Waals surface area contributed by atoms with Crippen LogP contribution < -0.4 is 9.47 Å². The van der Waals surface area contributed by atoms with Gasteiger partial charge in [-0.1, -0.05) is 54.6 Å².